The Bertz CT molecular complexity index is 1280. The lowest BCUT2D eigenvalue weighted by Gasteiger charge is -2.34. The van der Waals surface area contributed by atoms with Crippen molar-refractivity contribution in [3.05, 3.63) is 89.6 Å². The van der Waals surface area contributed by atoms with Gasteiger partial charge < -0.3 is 25.8 Å². The molecule has 2 aromatic carbocycles. The molecule has 0 saturated carbocycles. The average molecular weight is 532 g/mol. The monoisotopic (exact) mass is 531 g/mol. The lowest BCUT2D eigenvalue weighted by atomic mass is 10.0. The minimum Gasteiger partial charge on any atom is -0.371 e. The minimum absolute atomic E-state index is 0.0719. The number of benzene rings is 2. The zero-order valence-corrected chi connectivity index (χ0v) is 23.1. The number of urea groups is 1. The summed E-state index contributed by atoms with van der Waals surface area (Å²) in [5.74, 6) is 0.537. The Labute approximate surface area is 229 Å². The van der Waals surface area contributed by atoms with Gasteiger partial charge in [-0.3, -0.25) is 14.7 Å². The van der Waals surface area contributed by atoms with E-state index in [0.29, 0.717) is 17.8 Å². The molecule has 1 aromatic heterocycles. The lowest BCUT2D eigenvalue weighted by molar-refractivity contribution is -0.111. The number of nitrogens with zero attached hydrogens (tertiary/aromatic N) is 3. The van der Waals surface area contributed by atoms with E-state index in [1.54, 1.807) is 24.3 Å². The predicted molar refractivity (Wildman–Crippen MR) is 154 cm³/mol. The molecule has 1 atom stereocenters. The van der Waals surface area contributed by atoms with E-state index in [9.17, 15) is 14.4 Å². The number of fused-ring (bicyclic) bond motifs is 1. The molecular formula is C29H37N7O3. The molecule has 10 heteroatoms. The first-order chi connectivity index (χ1) is 18.6. The van der Waals surface area contributed by atoms with Gasteiger partial charge in [0.05, 0.1) is 23.8 Å². The highest BCUT2D eigenvalue weighted by Crippen LogP contribution is 2.40. The highest BCUT2D eigenvalue weighted by Gasteiger charge is 2.44. The molecule has 4 rings (SSSR count). The summed E-state index contributed by atoms with van der Waals surface area (Å²) in [5.41, 5.74) is 3.92. The van der Waals surface area contributed by atoms with E-state index < -0.39 is 5.54 Å². The molecule has 39 heavy (non-hydrogen) atoms. The molecule has 2 heterocycles. The number of rotatable bonds is 8. The fourth-order valence-electron chi connectivity index (χ4n) is 4.40. The molecule has 10 nitrogen and oxygen atoms in total. The van der Waals surface area contributed by atoms with Crippen molar-refractivity contribution >= 4 is 29.7 Å². The molecule has 1 unspecified atom stereocenters. The molecule has 0 aliphatic carbocycles. The van der Waals surface area contributed by atoms with Gasteiger partial charge in [-0.05, 0) is 63.8 Å². The summed E-state index contributed by atoms with van der Waals surface area (Å²) in [6, 6.07) is 16.5. The summed E-state index contributed by atoms with van der Waals surface area (Å²) < 4.78 is 0. The van der Waals surface area contributed by atoms with Crippen LogP contribution >= 0.6 is 0 Å². The Balaban J connectivity index is 0.000000272. The second-order valence-electron chi connectivity index (χ2n) is 9.93. The van der Waals surface area contributed by atoms with Crippen molar-refractivity contribution in [2.75, 3.05) is 38.3 Å². The van der Waals surface area contributed by atoms with Crippen LogP contribution in [0.2, 0.25) is 0 Å². The van der Waals surface area contributed by atoms with E-state index in [0.717, 1.165) is 35.5 Å². The summed E-state index contributed by atoms with van der Waals surface area (Å²) in [6.07, 6.45) is 1.94. The zero-order chi connectivity index (χ0) is 28.6. The normalized spacial score (nSPS) is 13.9. The van der Waals surface area contributed by atoms with Crippen LogP contribution in [-0.4, -0.2) is 65.9 Å². The lowest BCUT2D eigenvalue weighted by Crippen LogP contribution is -2.48. The summed E-state index contributed by atoms with van der Waals surface area (Å²) in [4.78, 5) is 38.2. The van der Waals surface area contributed by atoms with Crippen LogP contribution in [0.3, 0.4) is 0 Å². The SMILES string of the molecule is C=CC(=O)Nc1ccc(C=O)cc1.CNc1n[nH]c2c1CN(C(=O)NC(CN(C)C)c1ccccc1)C2(C)C. The molecule has 0 saturated heterocycles. The van der Waals surface area contributed by atoms with E-state index in [-0.39, 0.29) is 18.0 Å². The summed E-state index contributed by atoms with van der Waals surface area (Å²) in [5, 5.41) is 16.3. The molecule has 3 aromatic rings. The number of amides is 3. The van der Waals surface area contributed by atoms with Crippen LogP contribution in [0.25, 0.3) is 0 Å². The largest absolute Gasteiger partial charge is 0.371 e. The van der Waals surface area contributed by atoms with Crippen molar-refractivity contribution in [1.29, 1.82) is 0 Å². The number of hydrogen-bond acceptors (Lipinski definition) is 6. The van der Waals surface area contributed by atoms with Crippen LogP contribution in [0.15, 0.2) is 67.3 Å². The van der Waals surface area contributed by atoms with Gasteiger partial charge in [0.2, 0.25) is 5.91 Å². The molecule has 3 amide bonds. The van der Waals surface area contributed by atoms with Crippen LogP contribution in [-0.2, 0) is 16.9 Å². The topological polar surface area (TPSA) is 122 Å². The first-order valence-corrected chi connectivity index (χ1v) is 12.6. The molecule has 1 aliphatic rings. The van der Waals surface area contributed by atoms with Crippen molar-refractivity contribution in [3.63, 3.8) is 0 Å². The predicted octanol–water partition coefficient (Wildman–Crippen LogP) is 4.14. The average Bonchev–Trinajstić information content (AvgIpc) is 3.46. The maximum Gasteiger partial charge on any atom is 0.319 e. The number of hydrogen-bond donors (Lipinski definition) is 4. The van der Waals surface area contributed by atoms with Gasteiger partial charge in [0, 0.05) is 30.4 Å². The minimum atomic E-state index is -0.444. The Kier molecular flexibility index (Phi) is 9.62. The number of H-pyrrole nitrogens is 1. The third-order valence-corrected chi connectivity index (χ3v) is 6.50. The second-order valence-corrected chi connectivity index (χ2v) is 9.93. The number of aldehydes is 1. The van der Waals surface area contributed by atoms with Crippen molar-refractivity contribution in [2.45, 2.75) is 32.0 Å². The number of anilines is 2. The van der Waals surface area contributed by atoms with Crippen molar-refractivity contribution in [2.24, 2.45) is 0 Å². The van der Waals surface area contributed by atoms with Gasteiger partial charge in [-0.2, -0.15) is 5.10 Å². The molecule has 0 spiro atoms. The van der Waals surface area contributed by atoms with E-state index in [2.05, 4.69) is 49.8 Å². The summed E-state index contributed by atoms with van der Waals surface area (Å²) in [7, 11) is 5.86. The number of likely N-dealkylation sites (N-methyl/N-ethyl adjacent to an activating group) is 1. The van der Waals surface area contributed by atoms with Crippen LogP contribution in [0.5, 0.6) is 0 Å². The van der Waals surface area contributed by atoms with E-state index in [4.69, 9.17) is 0 Å². The van der Waals surface area contributed by atoms with Crippen LogP contribution in [0.4, 0.5) is 16.3 Å². The van der Waals surface area contributed by atoms with Crippen LogP contribution in [0, 0.1) is 0 Å². The molecule has 206 valence electrons. The van der Waals surface area contributed by atoms with Crippen molar-refractivity contribution < 1.29 is 14.4 Å². The third kappa shape index (κ3) is 7.11. The smallest absolute Gasteiger partial charge is 0.319 e. The molecular weight excluding hydrogens is 494 g/mol. The van der Waals surface area contributed by atoms with Crippen molar-refractivity contribution in [1.82, 2.24) is 25.3 Å². The highest BCUT2D eigenvalue weighted by molar-refractivity contribution is 5.99. The van der Waals surface area contributed by atoms with E-state index in [1.165, 1.54) is 6.08 Å². The fraction of sp³-hybridized carbons (Fsp3) is 0.310. The quantitative estimate of drug-likeness (QED) is 0.256. The standard InChI is InChI=1S/C19H28N6O.C10H9NO2/c1-19(2)16-14(17(20-3)23-22-16)11-25(19)18(26)21-15(12-24(4)5)13-9-7-6-8-10-13;1-2-10(13)11-9-5-3-8(7-12)4-6-9/h6-10,15H,11-12H2,1-5H3,(H,21,26)(H2,20,22,23);2-7H,1H2,(H,11,13). The summed E-state index contributed by atoms with van der Waals surface area (Å²) in [6.45, 7) is 8.67. The number of aromatic nitrogens is 2. The molecule has 0 fully saturated rings. The van der Waals surface area contributed by atoms with Crippen molar-refractivity contribution in [3.8, 4) is 0 Å². The molecule has 4 N–H and O–H groups in total. The van der Waals surface area contributed by atoms with E-state index in [1.807, 2.05) is 58.1 Å². The Morgan fingerprint density at radius 2 is 1.82 bits per heavy atom. The maximum absolute atomic E-state index is 13.1. The van der Waals surface area contributed by atoms with Gasteiger partial charge in [-0.15, -0.1) is 0 Å². The third-order valence-electron chi connectivity index (χ3n) is 6.50. The maximum atomic E-state index is 13.1. The Morgan fingerprint density at radius 3 is 2.38 bits per heavy atom. The van der Waals surface area contributed by atoms with Gasteiger partial charge in [0.1, 0.15) is 6.29 Å². The molecule has 0 radical (unpaired) electrons. The summed E-state index contributed by atoms with van der Waals surface area (Å²) >= 11 is 0. The number of carbonyl (C=O) groups is 3. The number of aromatic amines is 1. The van der Waals surface area contributed by atoms with Gasteiger partial charge in [-0.1, -0.05) is 36.9 Å². The second kappa shape index (κ2) is 12.9. The van der Waals surface area contributed by atoms with Gasteiger partial charge in [-0.25, -0.2) is 4.79 Å². The van der Waals surface area contributed by atoms with Gasteiger partial charge in [0.15, 0.2) is 5.82 Å². The first kappa shape index (κ1) is 29.1. The van der Waals surface area contributed by atoms with Crippen LogP contribution < -0.4 is 16.0 Å². The molecule has 1 aliphatic heterocycles. The van der Waals surface area contributed by atoms with Gasteiger partial charge >= 0.3 is 6.03 Å². The van der Waals surface area contributed by atoms with E-state index >= 15 is 0 Å². The zero-order valence-electron chi connectivity index (χ0n) is 23.1. The Morgan fingerprint density at radius 1 is 1.15 bits per heavy atom. The number of carbonyl (C=O) groups excluding carboxylic acids is 3. The fourth-order valence-corrected chi connectivity index (χ4v) is 4.40. The first-order valence-electron chi connectivity index (χ1n) is 12.6. The highest BCUT2D eigenvalue weighted by atomic mass is 16.2. The Hall–Kier alpha value is -4.44. The number of nitrogens with one attached hydrogen (secondary N) is 4. The molecule has 0 bridgehead atoms. The van der Waals surface area contributed by atoms with Crippen LogP contribution in [0.1, 0.15) is 47.1 Å². The van der Waals surface area contributed by atoms with Gasteiger partial charge in [0.25, 0.3) is 0 Å².